The zero-order chi connectivity index (χ0) is 15.7. The van der Waals surface area contributed by atoms with E-state index in [0.717, 1.165) is 11.1 Å². The summed E-state index contributed by atoms with van der Waals surface area (Å²) in [7, 11) is 1.36. The number of ether oxygens (including phenoxy) is 1. The Hall–Kier alpha value is -1.82. The molecule has 4 nitrogen and oxygen atoms in total. The van der Waals surface area contributed by atoms with Crippen molar-refractivity contribution in [3.63, 3.8) is 0 Å². The zero-order valence-electron chi connectivity index (χ0n) is 12.4. The van der Waals surface area contributed by atoms with Crippen molar-refractivity contribution in [2.45, 2.75) is 23.9 Å². The Morgan fingerprint density at radius 3 is 2.36 bits per heavy atom. The van der Waals surface area contributed by atoms with Crippen LogP contribution in [-0.4, -0.2) is 28.0 Å². The third-order valence-electron chi connectivity index (χ3n) is 3.76. The second kappa shape index (κ2) is 6.12. The van der Waals surface area contributed by atoms with E-state index in [2.05, 4.69) is 0 Å². The Labute approximate surface area is 133 Å². The molecular weight excluding hydrogens is 298 g/mol. The summed E-state index contributed by atoms with van der Waals surface area (Å²) in [6.45, 7) is 1.98. The fraction of sp³-hybridized carbons (Fsp3) is 0.235. The Kier molecular flexibility index (Phi) is 4.20. The number of aryl methyl sites for hydroxylation is 1. The van der Waals surface area contributed by atoms with E-state index in [1.54, 1.807) is 4.31 Å². The molecule has 0 amide bonds. The average molecular weight is 315 g/mol. The molecule has 114 valence electrons. The van der Waals surface area contributed by atoms with E-state index < -0.39 is 17.4 Å². The van der Waals surface area contributed by atoms with Crippen LogP contribution < -0.4 is 0 Å². The van der Waals surface area contributed by atoms with Gasteiger partial charge in [0.2, 0.25) is 0 Å². The molecule has 1 heterocycles. The lowest BCUT2D eigenvalue weighted by Gasteiger charge is -2.11. The van der Waals surface area contributed by atoms with Gasteiger partial charge in [0.05, 0.1) is 18.5 Å². The Morgan fingerprint density at radius 2 is 1.77 bits per heavy atom. The van der Waals surface area contributed by atoms with Crippen LogP contribution >= 0.6 is 0 Å². The Balaban J connectivity index is 1.87. The van der Waals surface area contributed by atoms with Gasteiger partial charge in [-0.05, 0) is 24.6 Å². The largest absolute Gasteiger partial charge is 0.593 e. The summed E-state index contributed by atoms with van der Waals surface area (Å²) in [5.41, 5.74) is 2.08. The fourth-order valence-corrected chi connectivity index (χ4v) is 3.94. The summed E-state index contributed by atoms with van der Waals surface area (Å²) in [6, 6.07) is 16.4. The summed E-state index contributed by atoms with van der Waals surface area (Å²) in [6.07, 6.45) is 0. The predicted molar refractivity (Wildman–Crippen MR) is 84.4 cm³/mol. The van der Waals surface area contributed by atoms with Gasteiger partial charge in [-0.15, -0.1) is 0 Å². The van der Waals surface area contributed by atoms with Crippen molar-refractivity contribution in [2.24, 2.45) is 0 Å². The number of carbonyl (C=O) groups is 1. The molecule has 1 aliphatic rings. The molecule has 0 saturated carbocycles. The minimum Gasteiger partial charge on any atom is -0.593 e. The third-order valence-corrected chi connectivity index (χ3v) is 5.27. The minimum atomic E-state index is -1.38. The van der Waals surface area contributed by atoms with Crippen molar-refractivity contribution < 1.29 is 14.1 Å². The first-order chi connectivity index (χ1) is 10.6. The maximum atomic E-state index is 12.8. The van der Waals surface area contributed by atoms with Gasteiger partial charge in [-0.3, -0.25) is 4.79 Å². The first kappa shape index (κ1) is 15.1. The van der Waals surface area contributed by atoms with Crippen molar-refractivity contribution in [1.82, 2.24) is 4.31 Å². The Bertz CT molecular complexity index is 659. The molecule has 0 spiro atoms. The van der Waals surface area contributed by atoms with E-state index in [1.807, 2.05) is 61.5 Å². The van der Waals surface area contributed by atoms with Crippen LogP contribution in [0.5, 0.6) is 0 Å². The SMILES string of the molecule is COC(=O)C1C(c2ccccc2)N1[S+]([O-])c1ccc(C)cc1. The molecule has 2 aromatic rings. The van der Waals surface area contributed by atoms with Gasteiger partial charge in [0.25, 0.3) is 0 Å². The van der Waals surface area contributed by atoms with Crippen molar-refractivity contribution in [2.75, 3.05) is 7.11 Å². The smallest absolute Gasteiger partial charge is 0.329 e. The molecule has 1 saturated heterocycles. The van der Waals surface area contributed by atoms with E-state index in [9.17, 15) is 9.35 Å². The van der Waals surface area contributed by atoms with E-state index >= 15 is 0 Å². The monoisotopic (exact) mass is 315 g/mol. The lowest BCUT2D eigenvalue weighted by atomic mass is 10.1. The van der Waals surface area contributed by atoms with E-state index in [-0.39, 0.29) is 12.0 Å². The van der Waals surface area contributed by atoms with Gasteiger partial charge in [-0.25, -0.2) is 0 Å². The maximum Gasteiger partial charge on any atom is 0.329 e. The van der Waals surface area contributed by atoms with Crippen LogP contribution in [0.4, 0.5) is 0 Å². The number of hydrogen-bond donors (Lipinski definition) is 0. The highest BCUT2D eigenvalue weighted by Crippen LogP contribution is 2.48. The molecule has 2 aromatic carbocycles. The number of esters is 1. The van der Waals surface area contributed by atoms with Crippen LogP contribution in [0, 0.1) is 6.92 Å². The highest BCUT2D eigenvalue weighted by molar-refractivity contribution is 7.89. The van der Waals surface area contributed by atoms with E-state index in [4.69, 9.17) is 4.74 Å². The summed E-state index contributed by atoms with van der Waals surface area (Å²) >= 11 is -1.38. The molecule has 4 unspecified atom stereocenters. The first-order valence-corrected chi connectivity index (χ1v) is 8.14. The molecule has 3 rings (SSSR count). The van der Waals surface area contributed by atoms with Crippen molar-refractivity contribution >= 4 is 17.3 Å². The lowest BCUT2D eigenvalue weighted by Crippen LogP contribution is -2.20. The van der Waals surface area contributed by atoms with Crippen LogP contribution in [0.1, 0.15) is 17.2 Å². The van der Waals surface area contributed by atoms with Crippen LogP contribution in [0.2, 0.25) is 0 Å². The van der Waals surface area contributed by atoms with Crippen LogP contribution in [0.25, 0.3) is 0 Å². The number of carbonyl (C=O) groups excluding carboxylic acids is 1. The average Bonchev–Trinajstić information content (AvgIpc) is 3.30. The molecule has 0 aromatic heterocycles. The number of methoxy groups -OCH3 is 1. The number of nitrogens with zero attached hydrogens (tertiary/aromatic N) is 1. The van der Waals surface area contributed by atoms with E-state index in [1.165, 1.54) is 7.11 Å². The van der Waals surface area contributed by atoms with Gasteiger partial charge in [-0.1, -0.05) is 52.3 Å². The van der Waals surface area contributed by atoms with Crippen LogP contribution in [0.3, 0.4) is 0 Å². The Morgan fingerprint density at radius 1 is 1.14 bits per heavy atom. The quantitative estimate of drug-likeness (QED) is 0.494. The summed E-state index contributed by atoms with van der Waals surface area (Å²) < 4.78 is 19.3. The van der Waals surface area contributed by atoms with Gasteiger partial charge in [-0.2, -0.15) is 0 Å². The molecule has 1 aliphatic heterocycles. The molecule has 0 aliphatic carbocycles. The van der Waals surface area contributed by atoms with Gasteiger partial charge < -0.3 is 9.29 Å². The molecule has 0 bridgehead atoms. The zero-order valence-corrected chi connectivity index (χ0v) is 13.2. The topological polar surface area (TPSA) is 52.4 Å². The van der Waals surface area contributed by atoms with Crippen molar-refractivity contribution in [3.05, 3.63) is 65.7 Å². The summed E-state index contributed by atoms with van der Waals surface area (Å²) in [4.78, 5) is 12.7. The first-order valence-electron chi connectivity index (χ1n) is 7.03. The number of rotatable bonds is 4. The summed E-state index contributed by atoms with van der Waals surface area (Å²) in [5, 5.41) is 0. The number of benzene rings is 2. The third kappa shape index (κ3) is 2.75. The standard InChI is InChI=1S/C17H17NO3S/c1-12-8-10-14(11-9-12)22(20)18-15(16(18)17(19)21-2)13-6-4-3-5-7-13/h3-11,15-16H,1-2H3. The van der Waals surface area contributed by atoms with Gasteiger partial charge >= 0.3 is 5.97 Å². The van der Waals surface area contributed by atoms with Gasteiger partial charge in [0.15, 0.2) is 10.9 Å². The molecule has 1 fully saturated rings. The van der Waals surface area contributed by atoms with E-state index in [0.29, 0.717) is 4.90 Å². The van der Waals surface area contributed by atoms with Crippen molar-refractivity contribution in [1.29, 1.82) is 0 Å². The van der Waals surface area contributed by atoms with Crippen LogP contribution in [0.15, 0.2) is 59.5 Å². The van der Waals surface area contributed by atoms with Gasteiger partial charge in [0.1, 0.15) is 6.04 Å². The molecule has 0 N–H and O–H groups in total. The van der Waals surface area contributed by atoms with Crippen molar-refractivity contribution in [3.8, 4) is 0 Å². The van der Waals surface area contributed by atoms with Gasteiger partial charge in [0, 0.05) is 0 Å². The molecular formula is C17H17NO3S. The highest BCUT2D eigenvalue weighted by Gasteiger charge is 2.62. The highest BCUT2D eigenvalue weighted by atomic mass is 32.2. The fourth-order valence-electron chi connectivity index (χ4n) is 2.53. The minimum absolute atomic E-state index is 0.198. The second-order valence-corrected chi connectivity index (χ2v) is 6.64. The molecule has 4 atom stereocenters. The molecule has 22 heavy (non-hydrogen) atoms. The van der Waals surface area contributed by atoms with Crippen LogP contribution in [-0.2, 0) is 20.9 Å². The maximum absolute atomic E-state index is 12.8. The normalized spacial score (nSPS) is 24.6. The predicted octanol–water partition coefficient (Wildman–Crippen LogP) is 2.62. The lowest BCUT2D eigenvalue weighted by molar-refractivity contribution is -0.140. The number of hydrogen-bond acceptors (Lipinski definition) is 4. The molecule has 5 heteroatoms. The summed E-state index contributed by atoms with van der Waals surface area (Å²) in [5.74, 6) is -0.352. The second-order valence-electron chi connectivity index (χ2n) is 5.25. The molecule has 0 radical (unpaired) electrons.